The second-order valence-electron chi connectivity index (χ2n) is 4.51. The molecule has 4 nitrogen and oxygen atoms in total. The van der Waals surface area contributed by atoms with Crippen molar-refractivity contribution in [1.82, 2.24) is 10.2 Å². The summed E-state index contributed by atoms with van der Waals surface area (Å²) in [6.07, 6.45) is 0. The average Bonchev–Trinajstić information content (AvgIpc) is 2.42. The topological polar surface area (TPSA) is 44.7 Å². The zero-order valence-electron chi connectivity index (χ0n) is 11.6. The molecule has 0 radical (unpaired) electrons. The molecule has 0 saturated carbocycles. The van der Waals surface area contributed by atoms with Gasteiger partial charge in [0.2, 0.25) is 0 Å². The molecule has 2 N–H and O–H groups in total. The van der Waals surface area contributed by atoms with E-state index in [9.17, 15) is 5.11 Å². The van der Waals surface area contributed by atoms with Crippen LogP contribution in [0.25, 0.3) is 0 Å². The highest BCUT2D eigenvalue weighted by Crippen LogP contribution is 2.37. The van der Waals surface area contributed by atoms with Crippen LogP contribution in [0.4, 0.5) is 0 Å². The summed E-state index contributed by atoms with van der Waals surface area (Å²) in [4.78, 5) is 2.36. The van der Waals surface area contributed by atoms with Crippen LogP contribution < -0.4 is 10.1 Å². The van der Waals surface area contributed by atoms with Crippen molar-refractivity contribution in [2.75, 3.05) is 33.3 Å². The van der Waals surface area contributed by atoms with Gasteiger partial charge in [0.1, 0.15) is 11.5 Å². The fraction of sp³-hybridized carbons (Fsp3) is 0.538. The quantitative estimate of drug-likeness (QED) is 0.836. The first-order valence-electron chi connectivity index (χ1n) is 6.14. The first-order valence-corrected chi connectivity index (χ1v) is 6.94. The molecule has 0 aliphatic carbocycles. The van der Waals surface area contributed by atoms with Crippen LogP contribution >= 0.6 is 40.7 Å². The molecule has 1 fully saturated rings. The SMILES string of the molecule is COc1cc(Br)c(O)c([C@H](C)N2CCNCC2)c1.Cl.Cl. The molecule has 1 heterocycles. The van der Waals surface area contributed by atoms with Gasteiger partial charge in [0.25, 0.3) is 0 Å². The Hall–Kier alpha value is -0.200. The molecule has 0 bridgehead atoms. The summed E-state index contributed by atoms with van der Waals surface area (Å²) in [7, 11) is 1.64. The minimum absolute atomic E-state index is 0. The Kier molecular flexibility index (Phi) is 8.86. The maximum absolute atomic E-state index is 10.2. The Morgan fingerprint density at radius 1 is 1.30 bits per heavy atom. The number of nitrogens with one attached hydrogen (secondary N) is 1. The van der Waals surface area contributed by atoms with Gasteiger partial charge in [-0.1, -0.05) is 0 Å². The average molecular weight is 388 g/mol. The van der Waals surface area contributed by atoms with E-state index in [-0.39, 0.29) is 30.9 Å². The first kappa shape index (κ1) is 19.8. The van der Waals surface area contributed by atoms with Crippen molar-refractivity contribution in [3.8, 4) is 11.5 Å². The van der Waals surface area contributed by atoms with E-state index < -0.39 is 0 Å². The molecule has 20 heavy (non-hydrogen) atoms. The van der Waals surface area contributed by atoms with Gasteiger partial charge in [-0.05, 0) is 35.0 Å². The maximum atomic E-state index is 10.2. The minimum atomic E-state index is 0. The second-order valence-corrected chi connectivity index (χ2v) is 5.36. The van der Waals surface area contributed by atoms with Crippen molar-refractivity contribution in [2.24, 2.45) is 0 Å². The number of ether oxygens (including phenoxy) is 1. The molecule has 0 spiro atoms. The Morgan fingerprint density at radius 2 is 1.90 bits per heavy atom. The molecule has 1 aliphatic heterocycles. The lowest BCUT2D eigenvalue weighted by molar-refractivity contribution is 0.182. The number of aromatic hydroxyl groups is 1. The molecule has 7 heteroatoms. The lowest BCUT2D eigenvalue weighted by atomic mass is 10.0. The van der Waals surface area contributed by atoms with Crippen LogP contribution in [0.1, 0.15) is 18.5 Å². The molecular formula is C13H21BrCl2N2O2. The largest absolute Gasteiger partial charge is 0.506 e. The maximum Gasteiger partial charge on any atom is 0.134 e. The van der Waals surface area contributed by atoms with E-state index >= 15 is 0 Å². The van der Waals surface area contributed by atoms with Gasteiger partial charge in [-0.2, -0.15) is 0 Å². The number of methoxy groups -OCH3 is 1. The molecule has 1 aromatic carbocycles. The van der Waals surface area contributed by atoms with Crippen LogP contribution in [0.15, 0.2) is 16.6 Å². The first-order chi connectivity index (χ1) is 8.63. The molecule has 2 rings (SSSR count). The highest BCUT2D eigenvalue weighted by atomic mass is 79.9. The van der Waals surface area contributed by atoms with Crippen molar-refractivity contribution in [2.45, 2.75) is 13.0 Å². The van der Waals surface area contributed by atoms with Gasteiger partial charge in [0, 0.05) is 37.8 Å². The summed E-state index contributed by atoms with van der Waals surface area (Å²) < 4.78 is 5.94. The molecule has 0 aromatic heterocycles. The number of hydrogen-bond donors (Lipinski definition) is 2. The standard InChI is InChI=1S/C13H19BrN2O2.2ClH/c1-9(16-5-3-15-4-6-16)11-7-10(18-2)8-12(14)13(11)17;;/h7-9,15,17H,3-6H2,1-2H3;2*1H/t9-;;/m0../s1. The van der Waals surface area contributed by atoms with E-state index in [0.29, 0.717) is 10.2 Å². The highest BCUT2D eigenvalue weighted by molar-refractivity contribution is 9.10. The van der Waals surface area contributed by atoms with Gasteiger partial charge >= 0.3 is 0 Å². The highest BCUT2D eigenvalue weighted by Gasteiger charge is 2.22. The van der Waals surface area contributed by atoms with Crippen molar-refractivity contribution in [3.63, 3.8) is 0 Å². The second kappa shape index (κ2) is 8.95. The number of hydrogen-bond acceptors (Lipinski definition) is 4. The van der Waals surface area contributed by atoms with Gasteiger partial charge in [-0.25, -0.2) is 0 Å². The van der Waals surface area contributed by atoms with Crippen LogP contribution in [0.2, 0.25) is 0 Å². The lowest BCUT2D eigenvalue weighted by Gasteiger charge is -2.33. The van der Waals surface area contributed by atoms with E-state index in [1.165, 1.54) is 0 Å². The molecule has 1 aliphatic rings. The minimum Gasteiger partial charge on any atom is -0.506 e. The van der Waals surface area contributed by atoms with E-state index in [2.05, 4.69) is 33.1 Å². The Balaban J connectivity index is 0.00000180. The smallest absolute Gasteiger partial charge is 0.134 e. The van der Waals surface area contributed by atoms with Gasteiger partial charge in [0.05, 0.1) is 11.6 Å². The van der Waals surface area contributed by atoms with Crippen molar-refractivity contribution in [3.05, 3.63) is 22.2 Å². The predicted molar refractivity (Wildman–Crippen MR) is 89.7 cm³/mol. The molecular weight excluding hydrogens is 367 g/mol. The third kappa shape index (κ3) is 4.40. The predicted octanol–water partition coefficient (Wildman–Crippen LogP) is 2.97. The number of benzene rings is 1. The summed E-state index contributed by atoms with van der Waals surface area (Å²) in [5.41, 5.74) is 0.906. The summed E-state index contributed by atoms with van der Waals surface area (Å²) in [5.74, 6) is 1.07. The van der Waals surface area contributed by atoms with Gasteiger partial charge in [-0.15, -0.1) is 24.8 Å². The number of piperazine rings is 1. The summed E-state index contributed by atoms with van der Waals surface area (Å²) >= 11 is 3.37. The Labute approximate surface area is 140 Å². The molecule has 1 aromatic rings. The molecule has 116 valence electrons. The van der Waals surface area contributed by atoms with Crippen molar-refractivity contribution >= 4 is 40.7 Å². The lowest BCUT2D eigenvalue weighted by Crippen LogP contribution is -2.44. The fourth-order valence-corrected chi connectivity index (χ4v) is 2.75. The van der Waals surface area contributed by atoms with E-state index in [1.54, 1.807) is 13.2 Å². The van der Waals surface area contributed by atoms with Crippen LogP contribution in [-0.4, -0.2) is 43.3 Å². The number of nitrogens with zero attached hydrogens (tertiary/aromatic N) is 1. The van der Waals surface area contributed by atoms with E-state index in [4.69, 9.17) is 4.74 Å². The van der Waals surface area contributed by atoms with Crippen molar-refractivity contribution < 1.29 is 9.84 Å². The Morgan fingerprint density at radius 3 is 2.45 bits per heavy atom. The number of phenolic OH excluding ortho intramolecular Hbond substituents is 1. The van der Waals surface area contributed by atoms with Crippen LogP contribution in [0, 0.1) is 0 Å². The summed E-state index contributed by atoms with van der Waals surface area (Å²) in [5, 5.41) is 13.5. The van der Waals surface area contributed by atoms with Crippen molar-refractivity contribution in [1.29, 1.82) is 0 Å². The monoisotopic (exact) mass is 386 g/mol. The van der Waals surface area contributed by atoms with Crippen LogP contribution in [0.3, 0.4) is 0 Å². The molecule has 1 saturated heterocycles. The summed E-state index contributed by atoms with van der Waals surface area (Å²) in [6.45, 7) is 6.10. The normalized spacial score (nSPS) is 16.8. The third-order valence-electron chi connectivity index (χ3n) is 3.45. The van der Waals surface area contributed by atoms with E-state index in [0.717, 1.165) is 37.5 Å². The van der Waals surface area contributed by atoms with Gasteiger partial charge < -0.3 is 15.2 Å². The van der Waals surface area contributed by atoms with Crippen LogP contribution in [-0.2, 0) is 0 Å². The summed E-state index contributed by atoms with van der Waals surface area (Å²) in [6, 6.07) is 3.87. The molecule has 0 amide bonds. The Bertz CT molecular complexity index is 429. The number of rotatable bonds is 3. The third-order valence-corrected chi connectivity index (χ3v) is 4.06. The van der Waals surface area contributed by atoms with Gasteiger partial charge in [-0.3, -0.25) is 4.90 Å². The number of halogens is 3. The molecule has 1 atom stereocenters. The fourth-order valence-electron chi connectivity index (χ4n) is 2.30. The van der Waals surface area contributed by atoms with Crippen LogP contribution in [0.5, 0.6) is 11.5 Å². The number of phenols is 1. The van der Waals surface area contributed by atoms with E-state index in [1.807, 2.05) is 6.07 Å². The zero-order valence-corrected chi connectivity index (χ0v) is 14.8. The van der Waals surface area contributed by atoms with Gasteiger partial charge in [0.15, 0.2) is 0 Å². The molecule has 0 unspecified atom stereocenters. The zero-order chi connectivity index (χ0) is 13.1.